The van der Waals surface area contributed by atoms with Crippen molar-refractivity contribution in [3.63, 3.8) is 0 Å². The van der Waals surface area contributed by atoms with Gasteiger partial charge in [-0.25, -0.2) is 0 Å². The summed E-state index contributed by atoms with van der Waals surface area (Å²) in [6.07, 6.45) is 0. The number of hydrogen-bond donors (Lipinski definition) is 1. The Balaban J connectivity index is 2.24. The van der Waals surface area contributed by atoms with Gasteiger partial charge in [0, 0.05) is 16.7 Å². The van der Waals surface area contributed by atoms with E-state index in [1.165, 1.54) is 0 Å². The Bertz CT molecular complexity index is 437. The second-order valence-electron chi connectivity index (χ2n) is 4.15. The SMILES string of the molecule is C[C@@H]1COCCN1C(=O)c1ccc(Br)cc1N. The van der Waals surface area contributed by atoms with Crippen LogP contribution in [0.4, 0.5) is 5.69 Å². The number of anilines is 1. The molecular formula is C12H15BrN2O2. The van der Waals surface area contributed by atoms with E-state index in [1.807, 2.05) is 17.9 Å². The van der Waals surface area contributed by atoms with E-state index in [1.54, 1.807) is 12.1 Å². The van der Waals surface area contributed by atoms with Crippen molar-refractivity contribution >= 4 is 27.5 Å². The summed E-state index contributed by atoms with van der Waals surface area (Å²) >= 11 is 3.33. The summed E-state index contributed by atoms with van der Waals surface area (Å²) in [6, 6.07) is 5.43. The van der Waals surface area contributed by atoms with Gasteiger partial charge in [0.1, 0.15) is 0 Å². The monoisotopic (exact) mass is 298 g/mol. The maximum atomic E-state index is 12.3. The van der Waals surface area contributed by atoms with Crippen LogP contribution in [-0.2, 0) is 4.74 Å². The van der Waals surface area contributed by atoms with E-state index in [0.717, 1.165) is 4.47 Å². The Kier molecular flexibility index (Phi) is 3.69. The van der Waals surface area contributed by atoms with Gasteiger partial charge in [-0.05, 0) is 25.1 Å². The first-order chi connectivity index (χ1) is 8.09. The highest BCUT2D eigenvalue weighted by molar-refractivity contribution is 9.10. The molecule has 1 aliphatic heterocycles. The molecule has 2 N–H and O–H groups in total. The highest BCUT2D eigenvalue weighted by Crippen LogP contribution is 2.21. The molecule has 1 aromatic carbocycles. The molecule has 0 spiro atoms. The molecular weight excluding hydrogens is 284 g/mol. The fourth-order valence-corrected chi connectivity index (χ4v) is 2.29. The summed E-state index contributed by atoms with van der Waals surface area (Å²) in [5.74, 6) is -0.0224. The van der Waals surface area contributed by atoms with Crippen molar-refractivity contribution in [1.82, 2.24) is 4.90 Å². The number of hydrogen-bond acceptors (Lipinski definition) is 3. The lowest BCUT2D eigenvalue weighted by atomic mass is 10.1. The predicted octanol–water partition coefficient (Wildman–Crippen LogP) is 1.89. The third kappa shape index (κ3) is 2.61. The van der Waals surface area contributed by atoms with Crippen molar-refractivity contribution in [2.24, 2.45) is 0 Å². The van der Waals surface area contributed by atoms with Crippen molar-refractivity contribution in [2.45, 2.75) is 13.0 Å². The van der Waals surface area contributed by atoms with Gasteiger partial charge in [0.2, 0.25) is 0 Å². The predicted molar refractivity (Wildman–Crippen MR) is 69.9 cm³/mol. The molecule has 0 unspecified atom stereocenters. The molecule has 1 atom stereocenters. The molecule has 0 aromatic heterocycles. The number of benzene rings is 1. The van der Waals surface area contributed by atoms with E-state index < -0.39 is 0 Å². The molecule has 5 heteroatoms. The van der Waals surface area contributed by atoms with Crippen LogP contribution in [0.3, 0.4) is 0 Å². The van der Waals surface area contributed by atoms with Crippen LogP contribution in [-0.4, -0.2) is 36.6 Å². The van der Waals surface area contributed by atoms with Crippen LogP contribution in [0, 0.1) is 0 Å². The van der Waals surface area contributed by atoms with Crippen molar-refractivity contribution in [3.05, 3.63) is 28.2 Å². The fourth-order valence-electron chi connectivity index (χ4n) is 1.91. The molecule has 1 aromatic rings. The lowest BCUT2D eigenvalue weighted by Gasteiger charge is -2.33. The molecule has 1 aliphatic rings. The van der Waals surface area contributed by atoms with E-state index in [9.17, 15) is 4.79 Å². The number of nitrogens with two attached hydrogens (primary N) is 1. The number of amides is 1. The molecule has 0 aliphatic carbocycles. The van der Waals surface area contributed by atoms with Crippen LogP contribution < -0.4 is 5.73 Å². The number of rotatable bonds is 1. The number of nitrogens with zero attached hydrogens (tertiary/aromatic N) is 1. The van der Waals surface area contributed by atoms with Crippen LogP contribution >= 0.6 is 15.9 Å². The van der Waals surface area contributed by atoms with Crippen molar-refractivity contribution in [2.75, 3.05) is 25.5 Å². The third-order valence-electron chi connectivity index (χ3n) is 2.87. The van der Waals surface area contributed by atoms with Crippen LogP contribution in [0.5, 0.6) is 0 Å². The molecule has 0 bridgehead atoms. The topological polar surface area (TPSA) is 55.6 Å². The lowest BCUT2D eigenvalue weighted by molar-refractivity contribution is 0.00365. The molecule has 2 rings (SSSR count). The van der Waals surface area contributed by atoms with E-state index in [2.05, 4.69) is 15.9 Å². The highest BCUT2D eigenvalue weighted by Gasteiger charge is 2.25. The number of carbonyl (C=O) groups is 1. The average Bonchev–Trinajstić information content (AvgIpc) is 2.29. The number of morpholine rings is 1. The Labute approximate surface area is 109 Å². The zero-order valence-electron chi connectivity index (χ0n) is 9.65. The maximum absolute atomic E-state index is 12.3. The smallest absolute Gasteiger partial charge is 0.256 e. The average molecular weight is 299 g/mol. The standard InChI is InChI=1S/C12H15BrN2O2/c1-8-7-17-5-4-15(8)12(16)10-3-2-9(13)6-11(10)14/h2-3,6,8H,4-5,7,14H2,1H3/t8-/m1/s1. The van der Waals surface area contributed by atoms with Gasteiger partial charge in [-0.15, -0.1) is 0 Å². The zero-order chi connectivity index (χ0) is 12.4. The first kappa shape index (κ1) is 12.4. The van der Waals surface area contributed by atoms with E-state index in [4.69, 9.17) is 10.5 Å². The van der Waals surface area contributed by atoms with Crippen molar-refractivity contribution < 1.29 is 9.53 Å². The van der Waals surface area contributed by atoms with Gasteiger partial charge in [0.05, 0.1) is 24.8 Å². The largest absolute Gasteiger partial charge is 0.398 e. The Hall–Kier alpha value is -1.07. The van der Waals surface area contributed by atoms with E-state index >= 15 is 0 Å². The minimum absolute atomic E-state index is 0.0224. The molecule has 1 heterocycles. The third-order valence-corrected chi connectivity index (χ3v) is 3.37. The molecule has 1 saturated heterocycles. The first-order valence-electron chi connectivity index (χ1n) is 5.53. The molecule has 0 radical (unpaired) electrons. The van der Waals surface area contributed by atoms with E-state index in [0.29, 0.717) is 31.0 Å². The minimum atomic E-state index is -0.0224. The first-order valence-corrected chi connectivity index (χ1v) is 6.32. The van der Waals surface area contributed by atoms with E-state index in [-0.39, 0.29) is 11.9 Å². The highest BCUT2D eigenvalue weighted by atomic mass is 79.9. The lowest BCUT2D eigenvalue weighted by Crippen LogP contribution is -2.47. The van der Waals surface area contributed by atoms with Gasteiger partial charge < -0.3 is 15.4 Å². The molecule has 1 amide bonds. The van der Waals surface area contributed by atoms with Crippen LogP contribution in [0.25, 0.3) is 0 Å². The van der Waals surface area contributed by atoms with Crippen molar-refractivity contribution in [3.8, 4) is 0 Å². The van der Waals surface area contributed by atoms with Gasteiger partial charge in [-0.1, -0.05) is 15.9 Å². The number of halogens is 1. The Morgan fingerprint density at radius 3 is 3.00 bits per heavy atom. The summed E-state index contributed by atoms with van der Waals surface area (Å²) in [5.41, 5.74) is 6.93. The summed E-state index contributed by atoms with van der Waals surface area (Å²) in [7, 11) is 0. The van der Waals surface area contributed by atoms with Gasteiger partial charge in [-0.2, -0.15) is 0 Å². The quantitative estimate of drug-likeness (QED) is 0.806. The van der Waals surface area contributed by atoms with Crippen LogP contribution in [0.1, 0.15) is 17.3 Å². The number of carbonyl (C=O) groups excluding carboxylic acids is 1. The summed E-state index contributed by atoms with van der Waals surface area (Å²) in [6.45, 7) is 3.77. The number of nitrogen functional groups attached to an aromatic ring is 1. The Morgan fingerprint density at radius 2 is 2.35 bits per heavy atom. The zero-order valence-corrected chi connectivity index (χ0v) is 11.2. The molecule has 92 valence electrons. The molecule has 1 fully saturated rings. The van der Waals surface area contributed by atoms with Gasteiger partial charge in [0.15, 0.2) is 0 Å². The van der Waals surface area contributed by atoms with Crippen molar-refractivity contribution in [1.29, 1.82) is 0 Å². The van der Waals surface area contributed by atoms with Gasteiger partial charge in [-0.3, -0.25) is 4.79 Å². The van der Waals surface area contributed by atoms with Gasteiger partial charge >= 0.3 is 0 Å². The van der Waals surface area contributed by atoms with Gasteiger partial charge in [0.25, 0.3) is 5.91 Å². The second-order valence-corrected chi connectivity index (χ2v) is 5.07. The fraction of sp³-hybridized carbons (Fsp3) is 0.417. The second kappa shape index (κ2) is 5.06. The minimum Gasteiger partial charge on any atom is -0.398 e. The summed E-state index contributed by atoms with van der Waals surface area (Å²) < 4.78 is 6.19. The summed E-state index contributed by atoms with van der Waals surface area (Å²) in [5, 5.41) is 0. The Morgan fingerprint density at radius 1 is 1.59 bits per heavy atom. The molecule has 17 heavy (non-hydrogen) atoms. The molecule has 0 saturated carbocycles. The summed E-state index contributed by atoms with van der Waals surface area (Å²) in [4.78, 5) is 14.1. The molecule has 4 nitrogen and oxygen atoms in total. The maximum Gasteiger partial charge on any atom is 0.256 e. The van der Waals surface area contributed by atoms with Crippen LogP contribution in [0.15, 0.2) is 22.7 Å². The number of ether oxygens (including phenoxy) is 1. The van der Waals surface area contributed by atoms with Crippen LogP contribution in [0.2, 0.25) is 0 Å². The normalized spacial score (nSPS) is 20.4.